The molecule has 94 valence electrons. The summed E-state index contributed by atoms with van der Waals surface area (Å²) in [4.78, 5) is 0. The zero-order chi connectivity index (χ0) is 12.6. The maximum atomic E-state index is 5.75. The minimum Gasteiger partial charge on any atom is -0.376 e. The van der Waals surface area contributed by atoms with Crippen LogP contribution in [0.1, 0.15) is 18.1 Å². The van der Waals surface area contributed by atoms with Crippen molar-refractivity contribution >= 4 is 0 Å². The average Bonchev–Trinajstić information content (AvgIpc) is 2.41. The number of rotatable bonds is 6. The van der Waals surface area contributed by atoms with Gasteiger partial charge >= 0.3 is 0 Å². The van der Waals surface area contributed by atoms with Crippen LogP contribution in [0.3, 0.4) is 0 Å². The summed E-state index contributed by atoms with van der Waals surface area (Å²) < 4.78 is 5.75. The summed E-state index contributed by atoms with van der Waals surface area (Å²) >= 11 is 0. The van der Waals surface area contributed by atoms with E-state index in [-0.39, 0.29) is 0 Å². The van der Waals surface area contributed by atoms with Crippen LogP contribution in [0.5, 0.6) is 0 Å². The third-order valence-electron chi connectivity index (χ3n) is 2.94. The van der Waals surface area contributed by atoms with E-state index in [1.54, 1.807) is 0 Å². The molecule has 0 aliphatic carbocycles. The smallest absolute Gasteiger partial charge is 0.0717 e. The fourth-order valence-electron chi connectivity index (χ4n) is 2.03. The Balaban J connectivity index is 1.71. The molecule has 1 heteroatoms. The SMILES string of the molecule is C[C@@H](COCc1ccccc1)Cc1ccccc1. The van der Waals surface area contributed by atoms with Gasteiger partial charge in [0.1, 0.15) is 0 Å². The molecule has 0 spiro atoms. The van der Waals surface area contributed by atoms with Crippen LogP contribution < -0.4 is 0 Å². The molecule has 0 N–H and O–H groups in total. The molecule has 2 aromatic carbocycles. The fraction of sp³-hybridized carbons (Fsp3) is 0.294. The van der Waals surface area contributed by atoms with E-state index in [2.05, 4.69) is 49.4 Å². The van der Waals surface area contributed by atoms with Gasteiger partial charge in [0, 0.05) is 6.61 Å². The van der Waals surface area contributed by atoms with E-state index in [1.807, 2.05) is 18.2 Å². The van der Waals surface area contributed by atoms with Crippen molar-refractivity contribution in [1.82, 2.24) is 0 Å². The molecule has 2 aromatic rings. The lowest BCUT2D eigenvalue weighted by atomic mass is 10.0. The minimum atomic E-state index is 0.552. The summed E-state index contributed by atoms with van der Waals surface area (Å²) in [5.74, 6) is 0.552. The molecule has 1 atom stereocenters. The highest BCUT2D eigenvalue weighted by Gasteiger charge is 2.03. The Morgan fingerprint density at radius 2 is 1.39 bits per heavy atom. The first kappa shape index (κ1) is 12.8. The van der Waals surface area contributed by atoms with Crippen LogP contribution in [-0.4, -0.2) is 6.61 Å². The molecule has 0 aromatic heterocycles. The van der Waals surface area contributed by atoms with Crippen LogP contribution in [0.15, 0.2) is 60.7 Å². The van der Waals surface area contributed by atoms with Crippen molar-refractivity contribution in [2.75, 3.05) is 6.61 Å². The fourth-order valence-corrected chi connectivity index (χ4v) is 2.03. The largest absolute Gasteiger partial charge is 0.376 e. The van der Waals surface area contributed by atoms with Gasteiger partial charge in [-0.25, -0.2) is 0 Å². The molecule has 0 saturated heterocycles. The summed E-state index contributed by atoms with van der Waals surface area (Å²) in [5, 5.41) is 0. The van der Waals surface area contributed by atoms with Crippen molar-refractivity contribution in [2.24, 2.45) is 5.92 Å². The lowest BCUT2D eigenvalue weighted by Gasteiger charge is -2.12. The maximum absolute atomic E-state index is 5.75. The van der Waals surface area contributed by atoms with Crippen LogP contribution in [0.25, 0.3) is 0 Å². The molecule has 0 aliphatic rings. The van der Waals surface area contributed by atoms with Crippen LogP contribution in [-0.2, 0) is 17.8 Å². The van der Waals surface area contributed by atoms with Gasteiger partial charge in [-0.05, 0) is 23.5 Å². The first-order chi connectivity index (χ1) is 8.84. The predicted octanol–water partition coefficient (Wildman–Crippen LogP) is 4.08. The van der Waals surface area contributed by atoms with Gasteiger partial charge in [-0.2, -0.15) is 0 Å². The van der Waals surface area contributed by atoms with Gasteiger partial charge in [0.25, 0.3) is 0 Å². The molecular weight excluding hydrogens is 220 g/mol. The molecule has 0 aliphatic heterocycles. The summed E-state index contributed by atoms with van der Waals surface area (Å²) in [7, 11) is 0. The number of hydrogen-bond donors (Lipinski definition) is 0. The van der Waals surface area contributed by atoms with Crippen LogP contribution in [0.4, 0.5) is 0 Å². The molecular formula is C17H20O. The van der Waals surface area contributed by atoms with Crippen LogP contribution in [0.2, 0.25) is 0 Å². The van der Waals surface area contributed by atoms with Gasteiger partial charge in [0.05, 0.1) is 6.61 Å². The predicted molar refractivity (Wildman–Crippen MR) is 75.4 cm³/mol. The molecule has 0 heterocycles. The minimum absolute atomic E-state index is 0.552. The third-order valence-corrected chi connectivity index (χ3v) is 2.94. The first-order valence-corrected chi connectivity index (χ1v) is 6.50. The van der Waals surface area contributed by atoms with E-state index < -0.39 is 0 Å². The number of benzene rings is 2. The highest BCUT2D eigenvalue weighted by molar-refractivity contribution is 5.15. The lowest BCUT2D eigenvalue weighted by Crippen LogP contribution is -2.08. The van der Waals surface area contributed by atoms with Crippen molar-refractivity contribution in [1.29, 1.82) is 0 Å². The number of ether oxygens (including phenoxy) is 1. The molecule has 0 bridgehead atoms. The lowest BCUT2D eigenvalue weighted by molar-refractivity contribution is 0.0922. The highest BCUT2D eigenvalue weighted by atomic mass is 16.5. The molecule has 0 unspecified atom stereocenters. The van der Waals surface area contributed by atoms with Crippen molar-refractivity contribution in [3.05, 3.63) is 71.8 Å². The second-order valence-electron chi connectivity index (χ2n) is 4.80. The van der Waals surface area contributed by atoms with E-state index in [0.717, 1.165) is 13.0 Å². The van der Waals surface area contributed by atoms with Gasteiger partial charge in [0.2, 0.25) is 0 Å². The summed E-state index contributed by atoms with van der Waals surface area (Å²) in [6.07, 6.45) is 1.08. The summed E-state index contributed by atoms with van der Waals surface area (Å²) in [5.41, 5.74) is 2.62. The topological polar surface area (TPSA) is 9.23 Å². The highest BCUT2D eigenvalue weighted by Crippen LogP contribution is 2.09. The van der Waals surface area contributed by atoms with Crippen LogP contribution >= 0.6 is 0 Å². The van der Waals surface area contributed by atoms with E-state index >= 15 is 0 Å². The van der Waals surface area contributed by atoms with Crippen molar-refractivity contribution < 1.29 is 4.74 Å². The maximum Gasteiger partial charge on any atom is 0.0717 e. The molecule has 0 radical (unpaired) electrons. The quantitative estimate of drug-likeness (QED) is 0.739. The van der Waals surface area contributed by atoms with E-state index in [0.29, 0.717) is 12.5 Å². The Labute approximate surface area is 109 Å². The molecule has 1 nitrogen and oxygen atoms in total. The summed E-state index contributed by atoms with van der Waals surface area (Å²) in [6.45, 7) is 3.75. The second-order valence-corrected chi connectivity index (χ2v) is 4.80. The van der Waals surface area contributed by atoms with Gasteiger partial charge in [-0.3, -0.25) is 0 Å². The molecule has 0 fully saturated rings. The first-order valence-electron chi connectivity index (χ1n) is 6.50. The van der Waals surface area contributed by atoms with E-state index in [4.69, 9.17) is 4.74 Å². The summed E-state index contributed by atoms with van der Waals surface area (Å²) in [6, 6.07) is 20.9. The molecule has 0 saturated carbocycles. The van der Waals surface area contributed by atoms with Crippen LogP contribution in [0, 0.1) is 5.92 Å². The zero-order valence-electron chi connectivity index (χ0n) is 10.9. The van der Waals surface area contributed by atoms with E-state index in [1.165, 1.54) is 11.1 Å². The van der Waals surface area contributed by atoms with Gasteiger partial charge in [0.15, 0.2) is 0 Å². The van der Waals surface area contributed by atoms with Crippen molar-refractivity contribution in [3.8, 4) is 0 Å². The Morgan fingerprint density at radius 1 is 0.833 bits per heavy atom. The zero-order valence-corrected chi connectivity index (χ0v) is 10.9. The van der Waals surface area contributed by atoms with Gasteiger partial charge in [-0.1, -0.05) is 67.6 Å². The van der Waals surface area contributed by atoms with Crippen molar-refractivity contribution in [2.45, 2.75) is 20.0 Å². The van der Waals surface area contributed by atoms with E-state index in [9.17, 15) is 0 Å². The Bertz CT molecular complexity index is 436. The Hall–Kier alpha value is -1.60. The third kappa shape index (κ3) is 4.34. The Morgan fingerprint density at radius 3 is 2.00 bits per heavy atom. The monoisotopic (exact) mass is 240 g/mol. The normalized spacial score (nSPS) is 12.3. The van der Waals surface area contributed by atoms with Gasteiger partial charge in [-0.15, -0.1) is 0 Å². The standard InChI is InChI=1S/C17H20O/c1-15(12-16-8-4-2-5-9-16)13-18-14-17-10-6-3-7-11-17/h2-11,15H,12-14H2,1H3/t15-/m1/s1. The molecule has 18 heavy (non-hydrogen) atoms. The Kier molecular flexibility index (Phi) is 4.98. The molecule has 0 amide bonds. The number of hydrogen-bond acceptors (Lipinski definition) is 1. The van der Waals surface area contributed by atoms with Gasteiger partial charge < -0.3 is 4.74 Å². The average molecular weight is 240 g/mol. The van der Waals surface area contributed by atoms with Crippen molar-refractivity contribution in [3.63, 3.8) is 0 Å². The molecule has 2 rings (SSSR count). The second kappa shape index (κ2) is 6.97.